The number of rotatable bonds is 5. The van der Waals surface area contributed by atoms with E-state index in [0.717, 1.165) is 4.90 Å². The van der Waals surface area contributed by atoms with Gasteiger partial charge in [-0.2, -0.15) is 13.2 Å². The lowest BCUT2D eigenvalue weighted by atomic mass is 10.3. The number of anilines is 1. The molecule has 0 saturated carbocycles. The molecule has 1 aromatic heterocycles. The molecule has 0 fully saturated rings. The van der Waals surface area contributed by atoms with E-state index < -0.39 is 24.9 Å². The van der Waals surface area contributed by atoms with Gasteiger partial charge >= 0.3 is 6.18 Å². The number of aliphatic hydroxyl groups is 1. The van der Waals surface area contributed by atoms with Gasteiger partial charge in [-0.25, -0.2) is 4.98 Å². The van der Waals surface area contributed by atoms with Crippen LogP contribution >= 0.6 is 0 Å². The van der Waals surface area contributed by atoms with Gasteiger partial charge in [0.25, 0.3) is 5.56 Å². The maximum absolute atomic E-state index is 12.4. The van der Waals surface area contributed by atoms with Crippen molar-refractivity contribution in [1.29, 1.82) is 0 Å². The Morgan fingerprint density at radius 1 is 1.47 bits per heavy atom. The normalized spacial score (nSPS) is 11.9. The molecule has 0 aliphatic rings. The molecule has 0 atom stereocenters. The minimum absolute atomic E-state index is 0.184. The zero-order valence-corrected chi connectivity index (χ0v) is 10.7. The molecule has 0 spiro atoms. The highest BCUT2D eigenvalue weighted by Gasteiger charge is 2.32. The lowest BCUT2D eigenvalue weighted by molar-refractivity contribution is -0.120. The fourth-order valence-electron chi connectivity index (χ4n) is 1.63. The van der Waals surface area contributed by atoms with Crippen LogP contribution in [-0.4, -0.2) is 40.5 Å². The van der Waals surface area contributed by atoms with Gasteiger partial charge in [0.15, 0.2) is 5.82 Å². The molecule has 1 aromatic rings. The van der Waals surface area contributed by atoms with Crippen LogP contribution < -0.4 is 10.5 Å². The Morgan fingerprint density at radius 2 is 2.11 bits per heavy atom. The largest absolute Gasteiger partial charge is 0.405 e. The minimum Gasteiger partial charge on any atom is -0.395 e. The molecular weight excluding hydrogens is 263 g/mol. The van der Waals surface area contributed by atoms with Gasteiger partial charge in [0.05, 0.1) is 6.61 Å². The lowest BCUT2D eigenvalue weighted by Gasteiger charge is -2.24. The summed E-state index contributed by atoms with van der Waals surface area (Å²) in [6, 6.07) is -0.184. The Balaban J connectivity index is 3.16. The van der Waals surface area contributed by atoms with E-state index in [2.05, 4.69) is 4.98 Å². The molecule has 5 nitrogen and oxygen atoms in total. The topological polar surface area (TPSA) is 58.4 Å². The molecule has 108 valence electrons. The van der Waals surface area contributed by atoms with Crippen molar-refractivity contribution in [2.45, 2.75) is 26.1 Å². The highest BCUT2D eigenvalue weighted by molar-refractivity contribution is 5.36. The van der Waals surface area contributed by atoms with Crippen LogP contribution in [0, 0.1) is 0 Å². The Morgan fingerprint density at radius 3 is 2.58 bits per heavy atom. The molecule has 8 heteroatoms. The zero-order valence-electron chi connectivity index (χ0n) is 10.7. The number of alkyl halides is 3. The van der Waals surface area contributed by atoms with Gasteiger partial charge in [-0.1, -0.05) is 0 Å². The average molecular weight is 279 g/mol. The van der Waals surface area contributed by atoms with Crippen LogP contribution in [0.4, 0.5) is 19.0 Å². The number of aliphatic hydroxyl groups excluding tert-OH is 1. The molecule has 0 saturated heterocycles. The zero-order chi connectivity index (χ0) is 14.6. The Hall–Kier alpha value is -1.57. The van der Waals surface area contributed by atoms with Gasteiger partial charge in [-0.15, -0.1) is 0 Å². The summed E-state index contributed by atoms with van der Waals surface area (Å²) >= 11 is 0. The first kappa shape index (κ1) is 15.5. The van der Waals surface area contributed by atoms with E-state index >= 15 is 0 Å². The van der Waals surface area contributed by atoms with Crippen LogP contribution in [0.1, 0.15) is 19.9 Å². The van der Waals surface area contributed by atoms with E-state index in [0.29, 0.717) is 0 Å². The Bertz CT molecular complexity index is 471. The van der Waals surface area contributed by atoms with E-state index in [1.54, 1.807) is 13.8 Å². The first-order chi connectivity index (χ1) is 8.76. The van der Waals surface area contributed by atoms with Crippen LogP contribution in [0.3, 0.4) is 0 Å². The monoisotopic (exact) mass is 279 g/mol. The van der Waals surface area contributed by atoms with Gasteiger partial charge in [-0.3, -0.25) is 4.79 Å². The second kappa shape index (κ2) is 6.05. The third kappa shape index (κ3) is 4.23. The SMILES string of the molecule is CC(C)n1ccnc(N(CCO)CC(F)(F)F)c1=O. The molecule has 0 aromatic carbocycles. The number of hydrogen-bond acceptors (Lipinski definition) is 4. The third-order valence-corrected chi connectivity index (χ3v) is 2.45. The number of nitrogens with zero attached hydrogens (tertiary/aromatic N) is 3. The van der Waals surface area contributed by atoms with Crippen molar-refractivity contribution in [3.8, 4) is 0 Å². The summed E-state index contributed by atoms with van der Waals surface area (Å²) in [6.45, 7) is 1.37. The van der Waals surface area contributed by atoms with Crippen molar-refractivity contribution in [3.05, 3.63) is 22.7 Å². The molecular formula is C11H16F3N3O2. The predicted octanol–water partition coefficient (Wildman–Crippen LogP) is 1.19. The van der Waals surface area contributed by atoms with Crippen molar-refractivity contribution in [2.24, 2.45) is 0 Å². The molecule has 0 unspecified atom stereocenters. The third-order valence-electron chi connectivity index (χ3n) is 2.45. The quantitative estimate of drug-likeness (QED) is 0.879. The number of aromatic nitrogens is 2. The number of hydrogen-bond donors (Lipinski definition) is 1. The fraction of sp³-hybridized carbons (Fsp3) is 0.636. The van der Waals surface area contributed by atoms with Crippen LogP contribution in [0.5, 0.6) is 0 Å². The van der Waals surface area contributed by atoms with Crippen molar-refractivity contribution in [2.75, 3.05) is 24.6 Å². The van der Waals surface area contributed by atoms with E-state index in [1.165, 1.54) is 17.0 Å². The van der Waals surface area contributed by atoms with Gasteiger partial charge in [0.1, 0.15) is 6.54 Å². The van der Waals surface area contributed by atoms with Gasteiger partial charge in [0.2, 0.25) is 0 Å². The van der Waals surface area contributed by atoms with Crippen LogP contribution in [0.15, 0.2) is 17.2 Å². The summed E-state index contributed by atoms with van der Waals surface area (Å²) < 4.78 is 38.6. The van der Waals surface area contributed by atoms with Crippen molar-refractivity contribution in [1.82, 2.24) is 9.55 Å². The first-order valence-corrected chi connectivity index (χ1v) is 5.76. The van der Waals surface area contributed by atoms with E-state index in [9.17, 15) is 18.0 Å². The standard InChI is InChI=1S/C11H16F3N3O2/c1-8(2)17-4-3-15-9(10(17)19)16(5-6-18)7-11(12,13)14/h3-4,8,18H,5-7H2,1-2H3. The van der Waals surface area contributed by atoms with Crippen LogP contribution in [0.25, 0.3) is 0 Å². The molecule has 0 aliphatic carbocycles. The predicted molar refractivity (Wildman–Crippen MR) is 64.2 cm³/mol. The Labute approximate surface area is 108 Å². The smallest absolute Gasteiger partial charge is 0.395 e. The van der Waals surface area contributed by atoms with Gasteiger partial charge in [-0.05, 0) is 13.8 Å². The maximum Gasteiger partial charge on any atom is 0.405 e. The molecule has 0 bridgehead atoms. The highest BCUT2D eigenvalue weighted by Crippen LogP contribution is 2.18. The summed E-state index contributed by atoms with van der Waals surface area (Å²) in [5.74, 6) is -0.303. The van der Waals surface area contributed by atoms with Gasteiger partial charge < -0.3 is 14.6 Å². The molecule has 1 rings (SSSR count). The van der Waals surface area contributed by atoms with Crippen LogP contribution in [-0.2, 0) is 0 Å². The summed E-state index contributed by atoms with van der Waals surface area (Å²) in [6.07, 6.45) is -1.78. The number of halogens is 3. The lowest BCUT2D eigenvalue weighted by Crippen LogP contribution is -2.41. The molecule has 1 heterocycles. The highest BCUT2D eigenvalue weighted by atomic mass is 19.4. The summed E-state index contributed by atoms with van der Waals surface area (Å²) in [7, 11) is 0. The van der Waals surface area contributed by atoms with Crippen molar-refractivity contribution in [3.63, 3.8) is 0 Å². The summed E-state index contributed by atoms with van der Waals surface area (Å²) in [5, 5.41) is 8.82. The van der Waals surface area contributed by atoms with Crippen molar-refractivity contribution >= 4 is 5.82 Å². The molecule has 0 amide bonds. The molecule has 19 heavy (non-hydrogen) atoms. The van der Waals surface area contributed by atoms with E-state index in [-0.39, 0.29) is 18.4 Å². The maximum atomic E-state index is 12.4. The Kier molecular flexibility index (Phi) is 4.93. The second-order valence-corrected chi connectivity index (χ2v) is 4.32. The summed E-state index contributed by atoms with van der Waals surface area (Å²) in [4.78, 5) is 16.5. The van der Waals surface area contributed by atoms with E-state index in [4.69, 9.17) is 5.11 Å². The molecule has 1 N–H and O–H groups in total. The summed E-state index contributed by atoms with van der Waals surface area (Å²) in [5.41, 5.74) is -0.602. The van der Waals surface area contributed by atoms with Crippen LogP contribution in [0.2, 0.25) is 0 Å². The fourth-order valence-corrected chi connectivity index (χ4v) is 1.63. The first-order valence-electron chi connectivity index (χ1n) is 5.76. The molecule has 0 aliphatic heterocycles. The van der Waals surface area contributed by atoms with Gasteiger partial charge in [0, 0.05) is 25.0 Å². The minimum atomic E-state index is -4.47. The second-order valence-electron chi connectivity index (χ2n) is 4.32. The average Bonchev–Trinajstić information content (AvgIpc) is 2.26. The van der Waals surface area contributed by atoms with E-state index in [1.807, 2.05) is 0 Å². The molecule has 0 radical (unpaired) electrons. The van der Waals surface area contributed by atoms with Crippen molar-refractivity contribution < 1.29 is 18.3 Å².